The average molecular weight is 575 g/mol. The Balaban J connectivity index is 1.33. The molecule has 0 saturated carbocycles. The van der Waals surface area contributed by atoms with Crippen molar-refractivity contribution in [2.75, 3.05) is 44.8 Å². The van der Waals surface area contributed by atoms with Crippen LogP contribution in [0.15, 0.2) is 54.9 Å². The van der Waals surface area contributed by atoms with Crippen LogP contribution in [0.5, 0.6) is 0 Å². The van der Waals surface area contributed by atoms with Crippen molar-refractivity contribution in [1.29, 1.82) is 0 Å². The molecule has 0 radical (unpaired) electrons. The van der Waals surface area contributed by atoms with Gasteiger partial charge in [0.1, 0.15) is 5.82 Å². The summed E-state index contributed by atoms with van der Waals surface area (Å²) in [5.74, 6) is 6.48. The van der Waals surface area contributed by atoms with Gasteiger partial charge in [0.15, 0.2) is 0 Å². The summed E-state index contributed by atoms with van der Waals surface area (Å²) in [7, 11) is 4.00. The van der Waals surface area contributed by atoms with Crippen LogP contribution in [0.25, 0.3) is 10.9 Å². The number of nitrogens with zero attached hydrogens (tertiary/aromatic N) is 3. The van der Waals surface area contributed by atoms with Crippen LogP contribution in [0.3, 0.4) is 0 Å². The zero-order valence-electron chi connectivity index (χ0n) is 23.8. The molecule has 7 nitrogen and oxygen atoms in total. The standard InChI is InChI=1S/C32H33F3N6O/c1-20-4-5-23(14-22(20)6-7-24-16-38-30(36)29-27(24)10-12-37-29)31(42)39-26-9-8-25(28(15-26)32(33,34)35)19-41-13-11-21(18-41)17-40(2)3/h4-5,8-10,12,14-16,21,37H,11,13,17-19H2,1-3H3,(H2,36,38)(H,39,42)/t21-/m0/s1. The molecule has 0 unspecified atom stereocenters. The molecule has 0 spiro atoms. The molecule has 1 amide bonds. The number of halogens is 3. The lowest BCUT2D eigenvalue weighted by molar-refractivity contribution is -0.138. The van der Waals surface area contributed by atoms with E-state index in [0.717, 1.165) is 43.1 Å². The summed E-state index contributed by atoms with van der Waals surface area (Å²) in [5, 5.41) is 3.47. The molecule has 4 aromatic rings. The molecule has 5 rings (SSSR count). The van der Waals surface area contributed by atoms with Crippen LogP contribution in [0, 0.1) is 24.7 Å². The molecule has 0 bridgehead atoms. The van der Waals surface area contributed by atoms with Crippen molar-refractivity contribution < 1.29 is 18.0 Å². The number of carbonyl (C=O) groups is 1. The normalized spacial score (nSPS) is 15.6. The van der Waals surface area contributed by atoms with Crippen molar-refractivity contribution in [2.45, 2.75) is 26.1 Å². The van der Waals surface area contributed by atoms with E-state index in [1.54, 1.807) is 30.6 Å². The van der Waals surface area contributed by atoms with E-state index >= 15 is 0 Å². The summed E-state index contributed by atoms with van der Waals surface area (Å²) in [4.78, 5) is 24.5. The van der Waals surface area contributed by atoms with Gasteiger partial charge >= 0.3 is 6.18 Å². The third-order valence-electron chi connectivity index (χ3n) is 7.52. The topological polar surface area (TPSA) is 90.3 Å². The molecule has 1 fully saturated rings. The number of rotatable bonds is 6. The van der Waals surface area contributed by atoms with Crippen molar-refractivity contribution in [2.24, 2.45) is 5.92 Å². The highest BCUT2D eigenvalue weighted by Crippen LogP contribution is 2.35. The number of nitrogens with one attached hydrogen (secondary N) is 2. The maximum absolute atomic E-state index is 14.1. The van der Waals surface area contributed by atoms with Gasteiger partial charge in [-0.2, -0.15) is 13.2 Å². The van der Waals surface area contributed by atoms with Gasteiger partial charge in [-0.05, 0) is 81.4 Å². The molecular weight excluding hydrogens is 541 g/mol. The number of aromatic nitrogens is 2. The first-order valence-corrected chi connectivity index (χ1v) is 13.7. The summed E-state index contributed by atoms with van der Waals surface area (Å²) in [6.45, 7) is 4.52. The number of hydrogen-bond acceptors (Lipinski definition) is 5. The largest absolute Gasteiger partial charge is 0.416 e. The monoisotopic (exact) mass is 574 g/mol. The lowest BCUT2D eigenvalue weighted by Gasteiger charge is -2.21. The van der Waals surface area contributed by atoms with E-state index in [2.05, 4.69) is 36.9 Å². The molecule has 4 N–H and O–H groups in total. The summed E-state index contributed by atoms with van der Waals surface area (Å²) < 4.78 is 42.2. The molecule has 0 aliphatic carbocycles. The SMILES string of the molecule is Cc1ccc(C(=O)Nc2ccc(CN3CC[C@@H](CN(C)C)C3)c(C(F)(F)F)c2)cc1C#Cc1cnc(N)c2[nH]ccc12. The number of alkyl halides is 3. The third-order valence-corrected chi connectivity index (χ3v) is 7.52. The molecule has 2 aromatic heterocycles. The predicted molar refractivity (Wildman–Crippen MR) is 159 cm³/mol. The smallest absolute Gasteiger partial charge is 0.382 e. The second kappa shape index (κ2) is 11.9. The number of hydrogen-bond donors (Lipinski definition) is 3. The number of nitrogen functional groups attached to an aromatic ring is 1. The highest BCUT2D eigenvalue weighted by atomic mass is 19.4. The van der Waals surface area contributed by atoms with Gasteiger partial charge in [0.25, 0.3) is 5.91 Å². The molecule has 10 heteroatoms. The summed E-state index contributed by atoms with van der Waals surface area (Å²) >= 11 is 0. The van der Waals surface area contributed by atoms with Gasteiger partial charge in [0.05, 0.1) is 16.6 Å². The lowest BCUT2D eigenvalue weighted by atomic mass is 10.0. The number of pyridine rings is 1. The average Bonchev–Trinajstić information content (AvgIpc) is 3.59. The van der Waals surface area contributed by atoms with Crippen LogP contribution in [-0.4, -0.2) is 59.4 Å². The van der Waals surface area contributed by atoms with Crippen LogP contribution < -0.4 is 11.1 Å². The van der Waals surface area contributed by atoms with Crippen LogP contribution in [-0.2, 0) is 12.7 Å². The van der Waals surface area contributed by atoms with E-state index in [0.29, 0.717) is 28.4 Å². The molecule has 218 valence electrons. The van der Waals surface area contributed by atoms with Crippen LogP contribution in [0.1, 0.15) is 44.6 Å². The molecule has 1 atom stereocenters. The van der Waals surface area contributed by atoms with E-state index < -0.39 is 17.6 Å². The van der Waals surface area contributed by atoms with E-state index in [-0.39, 0.29) is 23.4 Å². The Kier molecular flexibility index (Phi) is 8.25. The first kappa shape index (κ1) is 29.2. The minimum atomic E-state index is -4.55. The van der Waals surface area contributed by atoms with E-state index in [9.17, 15) is 18.0 Å². The number of carbonyl (C=O) groups excluding carboxylic acids is 1. The predicted octanol–water partition coefficient (Wildman–Crippen LogP) is 5.51. The molecule has 3 heterocycles. The number of nitrogens with two attached hydrogens (primary N) is 1. The van der Waals surface area contributed by atoms with E-state index in [1.165, 1.54) is 12.1 Å². The van der Waals surface area contributed by atoms with Crippen molar-refractivity contribution in [3.05, 3.63) is 88.2 Å². The molecule has 1 aliphatic rings. The maximum atomic E-state index is 14.1. The summed E-state index contributed by atoms with van der Waals surface area (Å²) in [5.41, 5.74) is 8.59. The summed E-state index contributed by atoms with van der Waals surface area (Å²) in [6, 6.07) is 10.9. The number of fused-ring (bicyclic) bond motifs is 1. The van der Waals surface area contributed by atoms with E-state index in [4.69, 9.17) is 5.73 Å². The highest BCUT2D eigenvalue weighted by Gasteiger charge is 2.35. The quantitative estimate of drug-likeness (QED) is 0.265. The second-order valence-electron chi connectivity index (χ2n) is 11.1. The zero-order chi connectivity index (χ0) is 30.0. The molecule has 1 aliphatic heterocycles. The molecular formula is C32H33F3N6O. The number of amides is 1. The Morgan fingerprint density at radius 3 is 2.71 bits per heavy atom. The van der Waals surface area contributed by atoms with Crippen LogP contribution in [0.2, 0.25) is 0 Å². The van der Waals surface area contributed by atoms with Gasteiger partial charge in [-0.3, -0.25) is 9.69 Å². The fraction of sp³-hybridized carbons (Fsp3) is 0.312. The zero-order valence-corrected chi connectivity index (χ0v) is 23.8. The number of anilines is 2. The van der Waals surface area contributed by atoms with Crippen molar-refractivity contribution in [3.63, 3.8) is 0 Å². The number of aromatic amines is 1. The van der Waals surface area contributed by atoms with Gasteiger partial charge in [-0.25, -0.2) is 4.98 Å². The number of aryl methyl sites for hydroxylation is 1. The number of likely N-dealkylation sites (tertiary alicyclic amines) is 1. The maximum Gasteiger partial charge on any atom is 0.416 e. The van der Waals surface area contributed by atoms with Crippen molar-refractivity contribution >= 4 is 28.3 Å². The van der Waals surface area contributed by atoms with Gasteiger partial charge in [-0.1, -0.05) is 24.0 Å². The minimum absolute atomic E-state index is 0.0824. The minimum Gasteiger partial charge on any atom is -0.382 e. The van der Waals surface area contributed by atoms with Gasteiger partial charge in [0.2, 0.25) is 0 Å². The Morgan fingerprint density at radius 1 is 1.17 bits per heavy atom. The first-order chi connectivity index (χ1) is 20.0. The summed E-state index contributed by atoms with van der Waals surface area (Å²) in [6.07, 6.45) is -0.232. The van der Waals surface area contributed by atoms with Crippen LogP contribution >= 0.6 is 0 Å². The van der Waals surface area contributed by atoms with E-state index in [1.807, 2.05) is 27.1 Å². The number of benzene rings is 2. The van der Waals surface area contributed by atoms with Crippen molar-refractivity contribution in [3.8, 4) is 11.8 Å². The second-order valence-corrected chi connectivity index (χ2v) is 11.1. The highest BCUT2D eigenvalue weighted by molar-refractivity contribution is 6.04. The van der Waals surface area contributed by atoms with Gasteiger partial charge in [0, 0.05) is 54.2 Å². The fourth-order valence-corrected chi connectivity index (χ4v) is 5.43. The Morgan fingerprint density at radius 2 is 1.95 bits per heavy atom. The number of H-pyrrole nitrogens is 1. The molecule has 42 heavy (non-hydrogen) atoms. The first-order valence-electron chi connectivity index (χ1n) is 13.7. The van der Waals surface area contributed by atoms with Gasteiger partial charge in [-0.15, -0.1) is 0 Å². The molecule has 1 saturated heterocycles. The third kappa shape index (κ3) is 6.59. The fourth-order valence-electron chi connectivity index (χ4n) is 5.43. The Bertz CT molecular complexity index is 1680. The lowest BCUT2D eigenvalue weighted by Crippen LogP contribution is -2.26. The molecule has 2 aromatic carbocycles. The van der Waals surface area contributed by atoms with Crippen LogP contribution in [0.4, 0.5) is 24.7 Å². The Hall–Kier alpha value is -4.33. The van der Waals surface area contributed by atoms with Gasteiger partial charge < -0.3 is 20.9 Å². The Labute approximate surface area is 242 Å². The van der Waals surface area contributed by atoms with Crippen molar-refractivity contribution in [1.82, 2.24) is 19.8 Å².